The first-order valence-electron chi connectivity index (χ1n) is 11.4. The lowest BCUT2D eigenvalue weighted by Crippen LogP contribution is -2.72. The van der Waals surface area contributed by atoms with Crippen LogP contribution in [0.3, 0.4) is 0 Å². The van der Waals surface area contributed by atoms with Crippen molar-refractivity contribution in [2.45, 2.75) is 41.7 Å². The van der Waals surface area contributed by atoms with Crippen molar-refractivity contribution in [3.8, 4) is 5.75 Å². The van der Waals surface area contributed by atoms with Crippen molar-refractivity contribution in [1.29, 1.82) is 0 Å². The number of anilines is 2. The summed E-state index contributed by atoms with van der Waals surface area (Å²) in [6.07, 6.45) is -5.89. The van der Waals surface area contributed by atoms with Crippen LogP contribution in [0, 0.1) is 0 Å². The molecule has 0 saturated heterocycles. The summed E-state index contributed by atoms with van der Waals surface area (Å²) in [5.74, 6) is -62.9. The Labute approximate surface area is 256 Å². The average molecular weight is 749 g/mol. The monoisotopic (exact) mass is 748 g/mol. The molecule has 3 rings (SSSR count). The molecule has 0 aromatic heterocycles. The van der Waals surface area contributed by atoms with Gasteiger partial charge in [0.15, 0.2) is 5.75 Å². The van der Waals surface area contributed by atoms with E-state index >= 15 is 0 Å². The minimum Gasteiger partial charge on any atom is -0.427 e. The number of hydrogen-bond acceptors (Lipinski definition) is 5. The third-order valence-electron chi connectivity index (χ3n) is 6.10. The Morgan fingerprint density at radius 3 is 1.29 bits per heavy atom. The van der Waals surface area contributed by atoms with Crippen molar-refractivity contribution >= 4 is 46.6 Å². The number of halogens is 18. The fourth-order valence-electron chi connectivity index (χ4n) is 3.60. The molecule has 2 aliphatic rings. The van der Waals surface area contributed by atoms with E-state index in [2.05, 4.69) is 4.74 Å². The van der Waals surface area contributed by atoms with Gasteiger partial charge >= 0.3 is 47.7 Å². The minimum absolute atomic E-state index is 0.0466. The standard InChI is InChI=1S/C23H6ClF17N2O5/c24-7-5-9(43-13(46)3-4-14(43)47)10(6-8(7)42-11(44)1-2-12(42)45)48-16(26)15(25)17(27,28)18(29,30)19(31,32)20(33,34)21(35,36)22(37,38)23(39,40)41/h1-6H. The molecule has 0 fully saturated rings. The van der Waals surface area contributed by atoms with Crippen LogP contribution >= 0.6 is 11.6 Å². The molecule has 2 aliphatic heterocycles. The molecule has 1 aromatic rings. The second-order valence-electron chi connectivity index (χ2n) is 9.10. The largest absolute Gasteiger partial charge is 0.460 e. The van der Waals surface area contributed by atoms with Crippen LogP contribution in [-0.2, 0) is 19.2 Å². The maximum Gasteiger partial charge on any atom is 0.460 e. The molecule has 0 saturated carbocycles. The topological polar surface area (TPSA) is 84.0 Å². The molecule has 0 N–H and O–H groups in total. The van der Waals surface area contributed by atoms with Crippen LogP contribution in [0.2, 0.25) is 5.02 Å². The first-order chi connectivity index (χ1) is 21.4. The Balaban J connectivity index is 2.18. The van der Waals surface area contributed by atoms with Gasteiger partial charge in [-0.1, -0.05) is 11.6 Å². The van der Waals surface area contributed by atoms with Gasteiger partial charge in [-0.3, -0.25) is 19.2 Å². The van der Waals surface area contributed by atoms with Crippen molar-refractivity contribution < 1.29 is 98.6 Å². The van der Waals surface area contributed by atoms with Gasteiger partial charge in [0.1, 0.15) is 0 Å². The Kier molecular flexibility index (Phi) is 9.01. The summed E-state index contributed by atoms with van der Waals surface area (Å²) in [5, 5.41) is -0.865. The fourth-order valence-corrected chi connectivity index (χ4v) is 3.85. The van der Waals surface area contributed by atoms with Gasteiger partial charge in [-0.05, 0) is 6.07 Å². The summed E-state index contributed by atoms with van der Waals surface area (Å²) in [4.78, 5) is 48.1. The minimum atomic E-state index is -8.81. The smallest absolute Gasteiger partial charge is 0.427 e. The molecule has 264 valence electrons. The lowest BCUT2D eigenvalue weighted by molar-refractivity contribution is -0.451. The number of alkyl halides is 15. The molecule has 0 atom stereocenters. The van der Waals surface area contributed by atoms with Gasteiger partial charge in [-0.15, -0.1) is 0 Å². The SMILES string of the molecule is O=C1C=CC(=O)N1c1cc(OC(F)=C(F)C(F)(F)C(F)(F)C(F)(F)C(F)(F)C(F)(F)C(F)(F)C(F)(F)F)c(N2C(=O)C=CC2=O)cc1Cl. The zero-order valence-corrected chi connectivity index (χ0v) is 22.5. The van der Waals surface area contributed by atoms with Crippen molar-refractivity contribution in [3.05, 3.63) is 53.3 Å². The molecule has 2 heterocycles. The van der Waals surface area contributed by atoms with Crippen LogP contribution < -0.4 is 14.5 Å². The molecular weight excluding hydrogens is 743 g/mol. The molecule has 25 heteroatoms. The van der Waals surface area contributed by atoms with Gasteiger partial charge in [-0.25, -0.2) is 9.80 Å². The maximum absolute atomic E-state index is 14.6. The molecule has 7 nitrogen and oxygen atoms in total. The van der Waals surface area contributed by atoms with E-state index in [1.165, 1.54) is 0 Å². The normalized spacial score (nSPS) is 17.6. The van der Waals surface area contributed by atoms with E-state index in [0.717, 1.165) is 0 Å². The molecule has 4 amide bonds. The molecule has 48 heavy (non-hydrogen) atoms. The third-order valence-corrected chi connectivity index (χ3v) is 6.41. The third kappa shape index (κ3) is 5.32. The zero-order chi connectivity index (χ0) is 37.4. The van der Waals surface area contributed by atoms with Gasteiger partial charge in [0.25, 0.3) is 23.6 Å². The van der Waals surface area contributed by atoms with Crippen LogP contribution in [0.15, 0.2) is 48.3 Å². The van der Waals surface area contributed by atoms with Crippen LogP contribution in [0.4, 0.5) is 86.0 Å². The van der Waals surface area contributed by atoms with E-state index in [-0.39, 0.29) is 15.9 Å². The first kappa shape index (κ1) is 38.1. The van der Waals surface area contributed by atoms with E-state index in [1.807, 2.05) is 0 Å². The summed E-state index contributed by atoms with van der Waals surface area (Å²) in [6, 6.07) is -3.58. The number of allylic oxidation sites excluding steroid dienone is 1. The fraction of sp³-hybridized carbons (Fsp3) is 0.304. The van der Waals surface area contributed by atoms with Crippen molar-refractivity contribution in [3.63, 3.8) is 0 Å². The van der Waals surface area contributed by atoms with Crippen LogP contribution in [0.25, 0.3) is 0 Å². The lowest BCUT2D eigenvalue weighted by Gasteiger charge is -2.41. The first-order valence-corrected chi connectivity index (χ1v) is 11.8. The van der Waals surface area contributed by atoms with Gasteiger partial charge in [-0.2, -0.15) is 74.6 Å². The second kappa shape index (κ2) is 11.4. The number of nitrogens with zero attached hydrogens (tertiary/aromatic N) is 2. The number of hydrogen-bond donors (Lipinski definition) is 0. The predicted octanol–water partition coefficient (Wildman–Crippen LogP) is 7.06. The quantitative estimate of drug-likeness (QED) is 0.146. The number of imide groups is 2. The Hall–Kier alpha value is -4.38. The highest BCUT2D eigenvalue weighted by Crippen LogP contribution is 2.63. The number of amides is 4. The molecule has 0 radical (unpaired) electrons. The van der Waals surface area contributed by atoms with E-state index < -0.39 is 99.3 Å². The number of carbonyl (C=O) groups is 4. The number of rotatable bonds is 10. The van der Waals surface area contributed by atoms with Crippen LogP contribution in [0.1, 0.15) is 0 Å². The van der Waals surface area contributed by atoms with E-state index in [0.29, 0.717) is 30.4 Å². The summed E-state index contributed by atoms with van der Waals surface area (Å²) in [6.45, 7) is 0. The average Bonchev–Trinajstić information content (AvgIpc) is 3.46. The molecular formula is C23H6ClF17N2O5. The zero-order valence-electron chi connectivity index (χ0n) is 21.7. The van der Waals surface area contributed by atoms with E-state index in [9.17, 15) is 93.8 Å². The summed E-state index contributed by atoms with van der Waals surface area (Å²) < 4.78 is 235. The lowest BCUT2D eigenvalue weighted by atomic mass is 9.91. The Bertz CT molecular complexity index is 1650. The number of benzene rings is 1. The van der Waals surface area contributed by atoms with Crippen molar-refractivity contribution in [2.75, 3.05) is 9.80 Å². The van der Waals surface area contributed by atoms with Gasteiger partial charge in [0, 0.05) is 30.4 Å². The van der Waals surface area contributed by atoms with Gasteiger partial charge < -0.3 is 4.74 Å². The highest BCUT2D eigenvalue weighted by Gasteiger charge is 2.94. The van der Waals surface area contributed by atoms with Gasteiger partial charge in [0.05, 0.1) is 16.4 Å². The molecule has 0 bridgehead atoms. The summed E-state index contributed by atoms with van der Waals surface area (Å²) in [7, 11) is 0. The molecule has 0 aliphatic carbocycles. The predicted molar refractivity (Wildman–Crippen MR) is 120 cm³/mol. The van der Waals surface area contributed by atoms with Crippen molar-refractivity contribution in [2.24, 2.45) is 0 Å². The number of ether oxygens (including phenoxy) is 1. The molecule has 0 spiro atoms. The van der Waals surface area contributed by atoms with Crippen LogP contribution in [-0.4, -0.2) is 65.3 Å². The Morgan fingerprint density at radius 1 is 0.542 bits per heavy atom. The number of carbonyl (C=O) groups excluding carboxylic acids is 4. The molecule has 1 aromatic carbocycles. The highest BCUT2D eigenvalue weighted by atomic mass is 35.5. The maximum atomic E-state index is 14.6. The van der Waals surface area contributed by atoms with Crippen LogP contribution in [0.5, 0.6) is 5.75 Å². The second-order valence-corrected chi connectivity index (χ2v) is 9.50. The summed E-state index contributed by atoms with van der Waals surface area (Å²) >= 11 is 5.87. The van der Waals surface area contributed by atoms with E-state index in [1.54, 1.807) is 0 Å². The summed E-state index contributed by atoms with van der Waals surface area (Å²) in [5.41, 5.74) is -2.27. The molecule has 0 unspecified atom stereocenters. The van der Waals surface area contributed by atoms with Crippen molar-refractivity contribution in [1.82, 2.24) is 0 Å². The van der Waals surface area contributed by atoms with E-state index in [4.69, 9.17) is 11.6 Å². The Morgan fingerprint density at radius 2 is 0.896 bits per heavy atom. The van der Waals surface area contributed by atoms with Gasteiger partial charge in [0.2, 0.25) is 5.83 Å². The highest BCUT2D eigenvalue weighted by molar-refractivity contribution is 6.38.